The predicted octanol–water partition coefficient (Wildman–Crippen LogP) is 9.47. The van der Waals surface area contributed by atoms with Crippen molar-refractivity contribution < 1.29 is 18.3 Å². The van der Waals surface area contributed by atoms with E-state index in [9.17, 15) is 13.5 Å². The number of benzene rings is 5. The average Bonchev–Trinajstić information content (AvgIpc) is 3.05. The van der Waals surface area contributed by atoms with Crippen LogP contribution in [0.3, 0.4) is 0 Å². The minimum Gasteiger partial charge on any atom is -0.505 e. The number of fused-ring (bicyclic) bond motifs is 1. The van der Waals surface area contributed by atoms with Gasteiger partial charge in [0.1, 0.15) is 17.1 Å². The number of methoxy groups -OCH3 is 1. The standard InChI is InChI=1S/C34H34N6O4S/c1-5-40(6-2)45(42,43)28-16-13-26(14-17-28)36-38-31-22-33(44-4)32(20-23(31)3)39-37-30-19-12-24-21-27(15-18-29(24)34(30)41)35-25-10-8-7-9-11-25/h7-22,35,41H,5-6H2,1-4H3/b38-36+,39-37+. The number of phenolic OH excluding ortho intramolecular Hbond substituents is 1. The predicted molar refractivity (Wildman–Crippen MR) is 178 cm³/mol. The maximum Gasteiger partial charge on any atom is 0.243 e. The Morgan fingerprint density at radius 3 is 2.13 bits per heavy atom. The van der Waals surface area contributed by atoms with Crippen molar-refractivity contribution >= 4 is 54.9 Å². The lowest BCUT2D eigenvalue weighted by atomic mass is 10.1. The van der Waals surface area contributed by atoms with Crippen LogP contribution in [0.2, 0.25) is 0 Å². The summed E-state index contributed by atoms with van der Waals surface area (Å²) in [6.07, 6.45) is 0. The minimum atomic E-state index is -3.55. The van der Waals surface area contributed by atoms with Crippen LogP contribution in [0.15, 0.2) is 122 Å². The van der Waals surface area contributed by atoms with Gasteiger partial charge in [-0.2, -0.15) is 14.5 Å². The van der Waals surface area contributed by atoms with E-state index >= 15 is 0 Å². The van der Waals surface area contributed by atoms with E-state index < -0.39 is 10.0 Å². The number of nitrogens with zero attached hydrogens (tertiary/aromatic N) is 5. The second-order valence-electron chi connectivity index (χ2n) is 10.2. The molecule has 2 N–H and O–H groups in total. The van der Waals surface area contributed by atoms with Crippen LogP contribution in [0.25, 0.3) is 10.8 Å². The van der Waals surface area contributed by atoms with Gasteiger partial charge in [0.25, 0.3) is 0 Å². The van der Waals surface area contributed by atoms with Gasteiger partial charge >= 0.3 is 0 Å². The summed E-state index contributed by atoms with van der Waals surface area (Å²) in [5.74, 6) is 0.454. The third-order valence-electron chi connectivity index (χ3n) is 7.25. The van der Waals surface area contributed by atoms with Gasteiger partial charge in [-0.1, -0.05) is 38.1 Å². The van der Waals surface area contributed by atoms with E-state index in [0.29, 0.717) is 47.0 Å². The second-order valence-corrected chi connectivity index (χ2v) is 12.1. The quantitative estimate of drug-likeness (QED) is 0.142. The van der Waals surface area contributed by atoms with Crippen LogP contribution in [0.5, 0.6) is 11.5 Å². The molecule has 0 fully saturated rings. The third kappa shape index (κ3) is 7.00. The number of sulfonamides is 1. The van der Waals surface area contributed by atoms with Crippen molar-refractivity contribution in [3.05, 3.63) is 103 Å². The molecule has 45 heavy (non-hydrogen) atoms. The summed E-state index contributed by atoms with van der Waals surface area (Å²) in [6.45, 7) is 6.27. The van der Waals surface area contributed by atoms with Crippen molar-refractivity contribution in [2.24, 2.45) is 20.5 Å². The van der Waals surface area contributed by atoms with Gasteiger partial charge in [0, 0.05) is 35.9 Å². The van der Waals surface area contributed by atoms with Gasteiger partial charge in [-0.05, 0) is 84.6 Å². The number of para-hydroxylation sites is 1. The van der Waals surface area contributed by atoms with Crippen LogP contribution in [-0.2, 0) is 10.0 Å². The van der Waals surface area contributed by atoms with Gasteiger partial charge in [-0.3, -0.25) is 0 Å². The van der Waals surface area contributed by atoms with Crippen LogP contribution < -0.4 is 10.1 Å². The van der Waals surface area contributed by atoms with Gasteiger partial charge in [0.2, 0.25) is 10.0 Å². The molecule has 0 atom stereocenters. The van der Waals surface area contributed by atoms with Crippen LogP contribution in [0, 0.1) is 6.92 Å². The molecule has 0 amide bonds. The molecule has 0 aromatic heterocycles. The van der Waals surface area contributed by atoms with E-state index in [4.69, 9.17) is 4.74 Å². The first-order chi connectivity index (χ1) is 21.7. The summed E-state index contributed by atoms with van der Waals surface area (Å²) in [6, 6.07) is 28.9. The summed E-state index contributed by atoms with van der Waals surface area (Å²) in [7, 11) is -2.03. The Morgan fingerprint density at radius 2 is 1.44 bits per heavy atom. The molecule has 0 heterocycles. The van der Waals surface area contributed by atoms with Crippen LogP contribution in [0.1, 0.15) is 19.4 Å². The van der Waals surface area contributed by atoms with E-state index in [0.717, 1.165) is 22.3 Å². The molecule has 0 aliphatic rings. The van der Waals surface area contributed by atoms with E-state index in [-0.39, 0.29) is 10.6 Å². The summed E-state index contributed by atoms with van der Waals surface area (Å²) in [5, 5.41) is 33.1. The molecule has 10 nitrogen and oxygen atoms in total. The Morgan fingerprint density at radius 1 is 0.756 bits per heavy atom. The van der Waals surface area contributed by atoms with Crippen molar-refractivity contribution in [3.63, 3.8) is 0 Å². The zero-order chi connectivity index (χ0) is 32.0. The second kappa shape index (κ2) is 13.7. The van der Waals surface area contributed by atoms with Crippen LogP contribution >= 0.6 is 0 Å². The summed E-state index contributed by atoms with van der Waals surface area (Å²) in [5.41, 5.74) is 4.49. The number of aromatic hydroxyl groups is 1. The van der Waals surface area contributed by atoms with Crippen LogP contribution in [-0.4, -0.2) is 38.0 Å². The summed E-state index contributed by atoms with van der Waals surface area (Å²) < 4.78 is 32.4. The largest absolute Gasteiger partial charge is 0.505 e. The molecular weight excluding hydrogens is 588 g/mol. The van der Waals surface area contributed by atoms with Gasteiger partial charge in [0.15, 0.2) is 5.75 Å². The molecule has 230 valence electrons. The Bertz CT molecular complexity index is 1970. The normalized spacial score (nSPS) is 12.0. The molecule has 11 heteroatoms. The Labute approximate surface area is 262 Å². The fraction of sp³-hybridized carbons (Fsp3) is 0.176. The molecule has 5 aromatic carbocycles. The highest BCUT2D eigenvalue weighted by Gasteiger charge is 2.21. The summed E-state index contributed by atoms with van der Waals surface area (Å²) >= 11 is 0. The number of ether oxygens (including phenoxy) is 1. The number of azo groups is 2. The summed E-state index contributed by atoms with van der Waals surface area (Å²) in [4.78, 5) is 0.208. The molecule has 5 aromatic rings. The van der Waals surface area contributed by atoms with Gasteiger partial charge in [0.05, 0.1) is 23.4 Å². The maximum absolute atomic E-state index is 12.7. The highest BCUT2D eigenvalue weighted by atomic mass is 32.2. The SMILES string of the molecule is CCN(CC)S(=O)(=O)c1ccc(/N=N/c2cc(OC)c(/N=N/c3ccc4cc(Nc5ccccc5)ccc4c3O)cc2C)cc1. The number of rotatable bonds is 11. The number of phenols is 1. The highest BCUT2D eigenvalue weighted by molar-refractivity contribution is 7.89. The molecule has 0 bridgehead atoms. The van der Waals surface area contributed by atoms with Crippen molar-refractivity contribution in [1.29, 1.82) is 0 Å². The molecule has 0 spiro atoms. The number of hydrogen-bond acceptors (Lipinski definition) is 9. The van der Waals surface area contributed by atoms with E-state index in [1.807, 2.05) is 61.5 Å². The Kier molecular flexibility index (Phi) is 9.50. The topological polar surface area (TPSA) is 128 Å². The zero-order valence-electron chi connectivity index (χ0n) is 25.5. The van der Waals surface area contributed by atoms with Crippen molar-refractivity contribution in [2.45, 2.75) is 25.7 Å². The molecule has 0 aliphatic carbocycles. The molecule has 0 unspecified atom stereocenters. The molecule has 0 aliphatic heterocycles. The minimum absolute atomic E-state index is 0.0273. The smallest absolute Gasteiger partial charge is 0.243 e. The van der Waals surface area contributed by atoms with Crippen LogP contribution in [0.4, 0.5) is 34.1 Å². The molecule has 0 saturated heterocycles. The average molecular weight is 623 g/mol. The highest BCUT2D eigenvalue weighted by Crippen LogP contribution is 2.40. The maximum atomic E-state index is 12.7. The molecular formula is C34H34N6O4S. The van der Waals surface area contributed by atoms with Crippen molar-refractivity contribution in [2.75, 3.05) is 25.5 Å². The molecule has 0 radical (unpaired) electrons. The van der Waals surface area contributed by atoms with Crippen molar-refractivity contribution in [1.82, 2.24) is 4.31 Å². The first kappa shape index (κ1) is 31.3. The van der Waals surface area contributed by atoms with Gasteiger partial charge in [-0.25, -0.2) is 8.42 Å². The zero-order valence-corrected chi connectivity index (χ0v) is 26.3. The number of aryl methyl sites for hydroxylation is 1. The van der Waals surface area contributed by atoms with Gasteiger partial charge < -0.3 is 15.2 Å². The first-order valence-corrected chi connectivity index (χ1v) is 15.9. The lowest BCUT2D eigenvalue weighted by Crippen LogP contribution is -2.30. The number of nitrogens with one attached hydrogen (secondary N) is 1. The van der Waals surface area contributed by atoms with E-state index in [2.05, 4.69) is 25.8 Å². The lowest BCUT2D eigenvalue weighted by Gasteiger charge is -2.18. The first-order valence-electron chi connectivity index (χ1n) is 14.4. The molecule has 5 rings (SSSR count). The third-order valence-corrected chi connectivity index (χ3v) is 9.31. The van der Waals surface area contributed by atoms with Gasteiger partial charge in [-0.15, -0.1) is 10.2 Å². The van der Waals surface area contributed by atoms with E-state index in [1.165, 1.54) is 23.5 Å². The van der Waals surface area contributed by atoms with Crippen molar-refractivity contribution in [3.8, 4) is 11.5 Å². The molecule has 0 saturated carbocycles. The Balaban J connectivity index is 1.34. The number of anilines is 2. The monoisotopic (exact) mass is 622 g/mol. The van der Waals surface area contributed by atoms with E-state index in [1.54, 1.807) is 44.2 Å². The Hall–Kier alpha value is -5.13. The fourth-order valence-corrected chi connectivity index (χ4v) is 6.23. The number of hydrogen-bond donors (Lipinski definition) is 2. The lowest BCUT2D eigenvalue weighted by molar-refractivity contribution is 0.416. The fourth-order valence-electron chi connectivity index (χ4n) is 4.78.